The van der Waals surface area contributed by atoms with E-state index in [4.69, 9.17) is 0 Å². The molecule has 0 saturated carbocycles. The molecule has 2 aromatic rings. The highest BCUT2D eigenvalue weighted by molar-refractivity contribution is 7.11. The normalized spacial score (nSPS) is 10.4. The molecule has 2 heterocycles. The number of nitrogens with zero attached hydrogens (tertiary/aromatic N) is 2. The van der Waals surface area contributed by atoms with Crippen molar-refractivity contribution in [2.24, 2.45) is 0 Å². The van der Waals surface area contributed by atoms with Crippen molar-refractivity contribution in [3.8, 4) is 0 Å². The average Bonchev–Trinajstić information content (AvgIpc) is 2.67. The highest BCUT2D eigenvalue weighted by atomic mass is 32.1. The SMILES string of the molecule is CCc1cnc(Cc2ccccn2)s1. The predicted molar refractivity (Wildman–Crippen MR) is 58.5 cm³/mol. The van der Waals surface area contributed by atoms with Crippen molar-refractivity contribution in [1.82, 2.24) is 9.97 Å². The molecule has 0 fully saturated rings. The van der Waals surface area contributed by atoms with Gasteiger partial charge in [-0.15, -0.1) is 11.3 Å². The van der Waals surface area contributed by atoms with Gasteiger partial charge in [0.25, 0.3) is 0 Å². The lowest BCUT2D eigenvalue weighted by Gasteiger charge is -1.94. The Bertz CT molecular complexity index is 395. The Morgan fingerprint density at radius 3 is 2.86 bits per heavy atom. The first-order valence-electron chi connectivity index (χ1n) is 4.72. The van der Waals surface area contributed by atoms with Crippen molar-refractivity contribution in [3.63, 3.8) is 0 Å². The molecule has 2 rings (SSSR count). The quantitative estimate of drug-likeness (QED) is 0.768. The molecule has 0 amide bonds. The van der Waals surface area contributed by atoms with E-state index < -0.39 is 0 Å². The third-order valence-electron chi connectivity index (χ3n) is 2.01. The molecule has 0 aliphatic heterocycles. The van der Waals surface area contributed by atoms with Crippen LogP contribution < -0.4 is 0 Å². The van der Waals surface area contributed by atoms with Crippen LogP contribution in [-0.4, -0.2) is 9.97 Å². The highest BCUT2D eigenvalue weighted by Crippen LogP contribution is 2.15. The largest absolute Gasteiger partial charge is 0.261 e. The van der Waals surface area contributed by atoms with E-state index in [9.17, 15) is 0 Å². The van der Waals surface area contributed by atoms with Crippen LogP contribution in [0.4, 0.5) is 0 Å². The molecule has 2 nitrogen and oxygen atoms in total. The van der Waals surface area contributed by atoms with Crippen molar-refractivity contribution in [3.05, 3.63) is 46.2 Å². The van der Waals surface area contributed by atoms with E-state index in [0.717, 1.165) is 23.5 Å². The Morgan fingerprint density at radius 1 is 1.29 bits per heavy atom. The number of rotatable bonds is 3. The highest BCUT2D eigenvalue weighted by Gasteiger charge is 2.01. The fraction of sp³-hybridized carbons (Fsp3) is 0.273. The summed E-state index contributed by atoms with van der Waals surface area (Å²) >= 11 is 1.78. The molecular formula is C11H12N2S. The Morgan fingerprint density at radius 2 is 2.21 bits per heavy atom. The summed E-state index contributed by atoms with van der Waals surface area (Å²) in [5.74, 6) is 0. The minimum atomic E-state index is 0.853. The molecule has 72 valence electrons. The van der Waals surface area contributed by atoms with Gasteiger partial charge in [0.2, 0.25) is 0 Å². The summed E-state index contributed by atoms with van der Waals surface area (Å²) in [6.07, 6.45) is 5.71. The van der Waals surface area contributed by atoms with Gasteiger partial charge in [-0.25, -0.2) is 4.98 Å². The van der Waals surface area contributed by atoms with E-state index in [1.807, 2.05) is 30.6 Å². The van der Waals surface area contributed by atoms with Crippen molar-refractivity contribution in [2.45, 2.75) is 19.8 Å². The molecule has 0 saturated heterocycles. The Hall–Kier alpha value is -1.22. The fourth-order valence-corrected chi connectivity index (χ4v) is 2.13. The molecule has 0 aromatic carbocycles. The van der Waals surface area contributed by atoms with Crippen LogP contribution in [0, 0.1) is 0 Å². The number of hydrogen-bond acceptors (Lipinski definition) is 3. The molecule has 0 aliphatic rings. The van der Waals surface area contributed by atoms with Crippen molar-refractivity contribution < 1.29 is 0 Å². The van der Waals surface area contributed by atoms with Crippen LogP contribution >= 0.6 is 11.3 Å². The molecule has 0 bridgehead atoms. The summed E-state index contributed by atoms with van der Waals surface area (Å²) in [4.78, 5) is 9.98. The van der Waals surface area contributed by atoms with E-state index in [1.165, 1.54) is 4.88 Å². The monoisotopic (exact) mass is 204 g/mol. The number of aryl methyl sites for hydroxylation is 1. The van der Waals surface area contributed by atoms with E-state index >= 15 is 0 Å². The second-order valence-electron chi connectivity index (χ2n) is 3.07. The molecule has 0 spiro atoms. The lowest BCUT2D eigenvalue weighted by Crippen LogP contribution is -1.89. The maximum atomic E-state index is 4.36. The average molecular weight is 204 g/mol. The van der Waals surface area contributed by atoms with Gasteiger partial charge in [-0.1, -0.05) is 13.0 Å². The topological polar surface area (TPSA) is 25.8 Å². The smallest absolute Gasteiger partial charge is 0.0987 e. The van der Waals surface area contributed by atoms with Gasteiger partial charge in [-0.05, 0) is 18.6 Å². The molecule has 3 heteroatoms. The van der Waals surface area contributed by atoms with E-state index in [1.54, 1.807) is 11.3 Å². The predicted octanol–water partition coefficient (Wildman–Crippen LogP) is 2.69. The van der Waals surface area contributed by atoms with Crippen molar-refractivity contribution >= 4 is 11.3 Å². The summed E-state index contributed by atoms with van der Waals surface area (Å²) in [5.41, 5.74) is 1.09. The first-order chi connectivity index (χ1) is 6.88. The van der Waals surface area contributed by atoms with E-state index in [0.29, 0.717) is 0 Å². The standard InChI is InChI=1S/C11H12N2S/c1-2-10-8-13-11(14-10)7-9-5-3-4-6-12-9/h3-6,8H,2,7H2,1H3. The van der Waals surface area contributed by atoms with Gasteiger partial charge in [-0.3, -0.25) is 4.98 Å². The first-order valence-corrected chi connectivity index (χ1v) is 5.53. The van der Waals surface area contributed by atoms with Gasteiger partial charge in [-0.2, -0.15) is 0 Å². The molecule has 0 N–H and O–H groups in total. The van der Waals surface area contributed by atoms with Gasteiger partial charge in [0.05, 0.1) is 5.01 Å². The summed E-state index contributed by atoms with van der Waals surface area (Å²) < 4.78 is 0. The number of thiazole rings is 1. The maximum Gasteiger partial charge on any atom is 0.0987 e. The molecule has 0 unspecified atom stereocenters. The lowest BCUT2D eigenvalue weighted by atomic mass is 10.3. The zero-order valence-corrected chi connectivity index (χ0v) is 8.92. The third kappa shape index (κ3) is 2.17. The van der Waals surface area contributed by atoms with E-state index in [-0.39, 0.29) is 0 Å². The minimum absolute atomic E-state index is 0.853. The van der Waals surface area contributed by atoms with Gasteiger partial charge < -0.3 is 0 Å². The molecular weight excluding hydrogens is 192 g/mol. The zero-order chi connectivity index (χ0) is 9.80. The molecule has 14 heavy (non-hydrogen) atoms. The lowest BCUT2D eigenvalue weighted by molar-refractivity contribution is 1.05. The second-order valence-corrected chi connectivity index (χ2v) is 4.27. The van der Waals surface area contributed by atoms with Crippen molar-refractivity contribution in [2.75, 3.05) is 0 Å². The van der Waals surface area contributed by atoms with Crippen LogP contribution in [0.15, 0.2) is 30.6 Å². The van der Waals surface area contributed by atoms with Crippen molar-refractivity contribution in [1.29, 1.82) is 0 Å². The Kier molecular flexibility index (Phi) is 2.89. The van der Waals surface area contributed by atoms with Crippen LogP contribution in [0.2, 0.25) is 0 Å². The van der Waals surface area contributed by atoms with Gasteiger partial charge >= 0.3 is 0 Å². The van der Waals surface area contributed by atoms with Crippen LogP contribution in [0.1, 0.15) is 22.5 Å². The van der Waals surface area contributed by atoms with Crippen LogP contribution in [-0.2, 0) is 12.8 Å². The minimum Gasteiger partial charge on any atom is -0.261 e. The van der Waals surface area contributed by atoms with Gasteiger partial charge in [0, 0.05) is 29.4 Å². The summed E-state index contributed by atoms with van der Waals surface area (Å²) in [6, 6.07) is 5.98. The Labute approximate surface area is 87.7 Å². The zero-order valence-electron chi connectivity index (χ0n) is 8.10. The van der Waals surface area contributed by atoms with E-state index in [2.05, 4.69) is 16.9 Å². The molecule has 0 aliphatic carbocycles. The molecule has 0 atom stereocenters. The number of aromatic nitrogens is 2. The summed E-state index contributed by atoms with van der Waals surface area (Å²) in [7, 11) is 0. The molecule has 2 aromatic heterocycles. The first kappa shape index (κ1) is 9.34. The number of hydrogen-bond donors (Lipinski definition) is 0. The third-order valence-corrected chi connectivity index (χ3v) is 3.15. The summed E-state index contributed by atoms with van der Waals surface area (Å²) in [5, 5.41) is 1.15. The van der Waals surface area contributed by atoms with Crippen LogP contribution in [0.5, 0.6) is 0 Å². The van der Waals surface area contributed by atoms with Gasteiger partial charge in [0.1, 0.15) is 0 Å². The molecule has 0 radical (unpaired) electrons. The summed E-state index contributed by atoms with van der Waals surface area (Å²) in [6.45, 7) is 2.15. The van der Waals surface area contributed by atoms with Crippen LogP contribution in [0.25, 0.3) is 0 Å². The maximum absolute atomic E-state index is 4.36. The second kappa shape index (κ2) is 4.33. The number of pyridine rings is 1. The fourth-order valence-electron chi connectivity index (χ4n) is 1.25. The van der Waals surface area contributed by atoms with Gasteiger partial charge in [0.15, 0.2) is 0 Å². The van der Waals surface area contributed by atoms with Crippen LogP contribution in [0.3, 0.4) is 0 Å². The Balaban J connectivity index is 2.11.